The van der Waals surface area contributed by atoms with Crippen LogP contribution in [-0.2, 0) is 14.6 Å². The Morgan fingerprint density at radius 1 is 1.04 bits per heavy atom. The van der Waals surface area contributed by atoms with E-state index in [-0.39, 0.29) is 17.5 Å². The van der Waals surface area contributed by atoms with Crippen LogP contribution in [0.3, 0.4) is 0 Å². The van der Waals surface area contributed by atoms with Gasteiger partial charge in [-0.15, -0.1) is 0 Å². The first-order chi connectivity index (χ1) is 13.1. The standard InChI is InChI=1S/C17H22N6O3S/c24-27(25)11-6-14(12-27)19-16-20-15(18-13-4-2-1-3-5-13)21-17(22-16)23-7-9-26-10-8-23/h1-5,14H,6-12H2,(H2,18,19,20,21,22). The smallest absolute Gasteiger partial charge is 0.233 e. The van der Waals surface area contributed by atoms with Crippen molar-refractivity contribution in [2.45, 2.75) is 12.5 Å². The molecule has 4 rings (SSSR count). The van der Waals surface area contributed by atoms with Crippen molar-refractivity contribution >= 4 is 33.4 Å². The molecule has 1 atom stereocenters. The third-order valence-corrected chi connectivity index (χ3v) is 6.28. The highest BCUT2D eigenvalue weighted by Gasteiger charge is 2.28. The van der Waals surface area contributed by atoms with Crippen molar-refractivity contribution in [3.05, 3.63) is 30.3 Å². The summed E-state index contributed by atoms with van der Waals surface area (Å²) in [6.45, 7) is 2.64. The first-order valence-corrected chi connectivity index (χ1v) is 10.8. The van der Waals surface area contributed by atoms with Crippen molar-refractivity contribution in [3.8, 4) is 0 Å². The molecule has 2 aromatic rings. The van der Waals surface area contributed by atoms with Gasteiger partial charge in [0, 0.05) is 24.8 Å². The molecule has 0 bridgehead atoms. The number of morpholine rings is 1. The summed E-state index contributed by atoms with van der Waals surface area (Å²) in [6, 6.07) is 9.46. The summed E-state index contributed by atoms with van der Waals surface area (Å²) >= 11 is 0. The quantitative estimate of drug-likeness (QED) is 0.774. The number of aromatic nitrogens is 3. The van der Waals surface area contributed by atoms with Crippen LogP contribution < -0.4 is 15.5 Å². The van der Waals surface area contributed by atoms with Gasteiger partial charge in [0.25, 0.3) is 0 Å². The molecule has 0 saturated carbocycles. The van der Waals surface area contributed by atoms with Gasteiger partial charge in [-0.05, 0) is 18.6 Å². The van der Waals surface area contributed by atoms with E-state index in [0.717, 1.165) is 5.69 Å². The lowest BCUT2D eigenvalue weighted by molar-refractivity contribution is 0.122. The van der Waals surface area contributed by atoms with E-state index < -0.39 is 9.84 Å². The van der Waals surface area contributed by atoms with E-state index in [0.29, 0.717) is 50.6 Å². The molecule has 144 valence electrons. The lowest BCUT2D eigenvalue weighted by Crippen LogP contribution is -2.37. The predicted molar refractivity (Wildman–Crippen MR) is 103 cm³/mol. The Hall–Kier alpha value is -2.46. The zero-order chi connectivity index (χ0) is 18.7. The van der Waals surface area contributed by atoms with Crippen LogP contribution in [0, 0.1) is 0 Å². The van der Waals surface area contributed by atoms with Crippen LogP contribution >= 0.6 is 0 Å². The Balaban J connectivity index is 1.59. The van der Waals surface area contributed by atoms with Gasteiger partial charge in [-0.2, -0.15) is 15.0 Å². The highest BCUT2D eigenvalue weighted by atomic mass is 32.2. The minimum absolute atomic E-state index is 0.104. The van der Waals surface area contributed by atoms with Crippen molar-refractivity contribution in [2.24, 2.45) is 0 Å². The molecule has 1 aromatic heterocycles. The van der Waals surface area contributed by atoms with E-state index in [9.17, 15) is 8.42 Å². The Kier molecular flexibility index (Phi) is 5.08. The van der Waals surface area contributed by atoms with Gasteiger partial charge in [-0.25, -0.2) is 8.42 Å². The SMILES string of the molecule is O=S1(=O)CCC(Nc2nc(Nc3ccccc3)nc(N3CCOCC3)n2)C1. The maximum absolute atomic E-state index is 11.7. The second-order valence-corrected chi connectivity index (χ2v) is 8.85. The van der Waals surface area contributed by atoms with Gasteiger partial charge in [-0.1, -0.05) is 18.2 Å². The Labute approximate surface area is 158 Å². The number of para-hydroxylation sites is 1. The number of ether oxygens (including phenoxy) is 1. The lowest BCUT2D eigenvalue weighted by Gasteiger charge is -2.27. The van der Waals surface area contributed by atoms with Crippen LogP contribution in [0.5, 0.6) is 0 Å². The van der Waals surface area contributed by atoms with Crippen molar-refractivity contribution in [1.29, 1.82) is 0 Å². The number of benzene rings is 1. The van der Waals surface area contributed by atoms with Crippen molar-refractivity contribution < 1.29 is 13.2 Å². The number of nitrogens with zero attached hydrogens (tertiary/aromatic N) is 4. The van der Waals surface area contributed by atoms with Crippen molar-refractivity contribution in [2.75, 3.05) is 53.3 Å². The van der Waals surface area contributed by atoms with Gasteiger partial charge >= 0.3 is 0 Å². The number of anilines is 4. The molecule has 0 radical (unpaired) electrons. The molecule has 0 spiro atoms. The van der Waals surface area contributed by atoms with Crippen LogP contribution in [0.25, 0.3) is 0 Å². The third-order valence-electron chi connectivity index (χ3n) is 4.51. The summed E-state index contributed by atoms with van der Waals surface area (Å²) in [5, 5.41) is 6.35. The molecule has 2 aliphatic rings. The molecule has 1 unspecified atom stereocenters. The number of hydrogen-bond acceptors (Lipinski definition) is 9. The molecule has 27 heavy (non-hydrogen) atoms. The van der Waals surface area contributed by atoms with Gasteiger partial charge in [0.1, 0.15) is 0 Å². The second-order valence-electron chi connectivity index (χ2n) is 6.62. The molecule has 2 aliphatic heterocycles. The molecule has 2 saturated heterocycles. The third kappa shape index (κ3) is 4.64. The van der Waals surface area contributed by atoms with E-state index in [2.05, 4.69) is 25.6 Å². The Morgan fingerprint density at radius 3 is 2.48 bits per heavy atom. The van der Waals surface area contributed by atoms with Crippen molar-refractivity contribution in [3.63, 3.8) is 0 Å². The first kappa shape index (κ1) is 17.9. The molecular weight excluding hydrogens is 368 g/mol. The van der Waals surface area contributed by atoms with Gasteiger partial charge in [0.2, 0.25) is 17.8 Å². The summed E-state index contributed by atoms with van der Waals surface area (Å²) in [5.74, 6) is 1.65. The van der Waals surface area contributed by atoms with E-state index in [4.69, 9.17) is 4.74 Å². The molecule has 0 aliphatic carbocycles. The van der Waals surface area contributed by atoms with E-state index in [1.54, 1.807) is 0 Å². The fraction of sp³-hybridized carbons (Fsp3) is 0.471. The molecule has 0 amide bonds. The monoisotopic (exact) mass is 390 g/mol. The Bertz CT molecular complexity index is 887. The largest absolute Gasteiger partial charge is 0.378 e. The first-order valence-electron chi connectivity index (χ1n) is 8.95. The summed E-state index contributed by atoms with van der Waals surface area (Å²) in [6.07, 6.45) is 0.558. The number of nitrogens with one attached hydrogen (secondary N) is 2. The van der Waals surface area contributed by atoms with Gasteiger partial charge in [0.05, 0.1) is 24.7 Å². The predicted octanol–water partition coefficient (Wildman–Crippen LogP) is 1.05. The highest BCUT2D eigenvalue weighted by molar-refractivity contribution is 7.91. The van der Waals surface area contributed by atoms with Gasteiger partial charge in [0.15, 0.2) is 9.84 Å². The molecule has 2 fully saturated rings. The number of sulfone groups is 1. The maximum atomic E-state index is 11.7. The number of rotatable bonds is 5. The Morgan fingerprint density at radius 2 is 1.78 bits per heavy atom. The van der Waals surface area contributed by atoms with Gasteiger partial charge in [-0.3, -0.25) is 0 Å². The van der Waals surface area contributed by atoms with Crippen LogP contribution in [0.4, 0.5) is 23.5 Å². The molecule has 1 aromatic carbocycles. The second kappa shape index (κ2) is 7.65. The summed E-state index contributed by atoms with van der Waals surface area (Å²) in [7, 11) is -2.98. The highest BCUT2D eigenvalue weighted by Crippen LogP contribution is 2.21. The zero-order valence-electron chi connectivity index (χ0n) is 14.8. The zero-order valence-corrected chi connectivity index (χ0v) is 15.7. The van der Waals surface area contributed by atoms with Crippen LogP contribution in [0.2, 0.25) is 0 Å². The maximum Gasteiger partial charge on any atom is 0.233 e. The topological polar surface area (TPSA) is 109 Å². The molecular formula is C17H22N6O3S. The van der Waals surface area contributed by atoms with Crippen molar-refractivity contribution in [1.82, 2.24) is 15.0 Å². The minimum Gasteiger partial charge on any atom is -0.378 e. The fourth-order valence-corrected chi connectivity index (χ4v) is 4.81. The molecule has 10 heteroatoms. The van der Waals surface area contributed by atoms with Crippen LogP contribution in [0.1, 0.15) is 6.42 Å². The summed E-state index contributed by atoms with van der Waals surface area (Å²) in [5.41, 5.74) is 0.867. The molecule has 3 heterocycles. The van der Waals surface area contributed by atoms with E-state index >= 15 is 0 Å². The lowest BCUT2D eigenvalue weighted by atomic mass is 10.3. The van der Waals surface area contributed by atoms with Crippen LogP contribution in [-0.4, -0.2) is 67.2 Å². The average Bonchev–Trinajstić information content (AvgIpc) is 3.01. The van der Waals surface area contributed by atoms with Crippen LogP contribution in [0.15, 0.2) is 30.3 Å². The van der Waals surface area contributed by atoms with E-state index in [1.165, 1.54) is 0 Å². The average molecular weight is 390 g/mol. The fourth-order valence-electron chi connectivity index (χ4n) is 3.13. The minimum atomic E-state index is -2.98. The molecule has 9 nitrogen and oxygen atoms in total. The summed E-state index contributed by atoms with van der Waals surface area (Å²) in [4.78, 5) is 15.5. The summed E-state index contributed by atoms with van der Waals surface area (Å²) < 4.78 is 28.8. The normalized spacial score (nSPS) is 21.8. The van der Waals surface area contributed by atoms with E-state index in [1.807, 2.05) is 35.2 Å². The molecule has 2 N–H and O–H groups in total. The number of hydrogen-bond donors (Lipinski definition) is 2. The van der Waals surface area contributed by atoms with Gasteiger partial charge < -0.3 is 20.3 Å².